The topological polar surface area (TPSA) is 41.1 Å². The predicted octanol–water partition coefficient (Wildman–Crippen LogP) is 3.03. The molecule has 2 N–H and O–H groups in total. The van der Waals surface area contributed by atoms with Crippen molar-refractivity contribution < 1.29 is 4.79 Å². The molecule has 0 saturated carbocycles. The van der Waals surface area contributed by atoms with E-state index in [2.05, 4.69) is 43.5 Å². The molecule has 1 aromatic carbocycles. The summed E-state index contributed by atoms with van der Waals surface area (Å²) in [5, 5.41) is 6.41. The highest BCUT2D eigenvalue weighted by Crippen LogP contribution is 2.12. The Morgan fingerprint density at radius 1 is 1.11 bits per heavy atom. The molecule has 0 aliphatic heterocycles. The number of rotatable bonds is 7. The summed E-state index contributed by atoms with van der Waals surface area (Å²) in [5.74, 6) is 0.0801. The number of nitrogens with one attached hydrogen (secondary N) is 2. The van der Waals surface area contributed by atoms with Crippen LogP contribution in [-0.4, -0.2) is 18.0 Å². The van der Waals surface area contributed by atoms with Crippen LogP contribution in [-0.2, 0) is 4.79 Å². The summed E-state index contributed by atoms with van der Waals surface area (Å²) in [6.07, 6.45) is 1.95. The van der Waals surface area contributed by atoms with Gasteiger partial charge in [0.05, 0.1) is 6.04 Å². The lowest BCUT2D eigenvalue weighted by atomic mass is 10.1. The number of amides is 1. The third-order valence-corrected chi connectivity index (χ3v) is 3.52. The fourth-order valence-corrected chi connectivity index (χ4v) is 2.11. The zero-order valence-electron chi connectivity index (χ0n) is 12.4. The summed E-state index contributed by atoms with van der Waals surface area (Å²) in [7, 11) is 0. The van der Waals surface area contributed by atoms with Crippen molar-refractivity contribution in [2.24, 2.45) is 0 Å². The fourth-order valence-electron chi connectivity index (χ4n) is 2.11. The molecular weight excluding hydrogens is 236 g/mol. The number of benzene rings is 1. The fraction of sp³-hybridized carbons (Fsp3) is 0.562. The van der Waals surface area contributed by atoms with Gasteiger partial charge in [0.1, 0.15) is 0 Å². The van der Waals surface area contributed by atoms with Crippen molar-refractivity contribution in [3.8, 4) is 0 Å². The van der Waals surface area contributed by atoms with E-state index < -0.39 is 0 Å². The third kappa shape index (κ3) is 5.03. The number of carbonyl (C=O) groups is 1. The molecule has 0 aliphatic carbocycles. The average molecular weight is 262 g/mol. The molecule has 0 radical (unpaired) electrons. The van der Waals surface area contributed by atoms with Gasteiger partial charge in [-0.3, -0.25) is 10.1 Å². The Bertz CT molecular complexity index is 374. The third-order valence-electron chi connectivity index (χ3n) is 3.52. The molecule has 0 aromatic heterocycles. The first-order chi connectivity index (χ1) is 9.08. The predicted molar refractivity (Wildman–Crippen MR) is 80.0 cm³/mol. The maximum atomic E-state index is 12.1. The van der Waals surface area contributed by atoms with E-state index in [1.807, 2.05) is 25.1 Å². The van der Waals surface area contributed by atoms with Gasteiger partial charge in [-0.05, 0) is 32.3 Å². The summed E-state index contributed by atoms with van der Waals surface area (Å²) >= 11 is 0. The summed E-state index contributed by atoms with van der Waals surface area (Å²) in [5.41, 5.74) is 1.20. The van der Waals surface area contributed by atoms with Gasteiger partial charge < -0.3 is 5.32 Å². The minimum absolute atomic E-state index is 0.0801. The molecule has 0 aliphatic rings. The van der Waals surface area contributed by atoms with E-state index in [9.17, 15) is 4.79 Å². The molecule has 0 bridgehead atoms. The second-order valence-electron chi connectivity index (χ2n) is 5.04. The van der Waals surface area contributed by atoms with Crippen LogP contribution in [0.15, 0.2) is 30.3 Å². The largest absolute Gasteiger partial charge is 0.352 e. The Kier molecular flexibility index (Phi) is 6.57. The lowest BCUT2D eigenvalue weighted by Crippen LogP contribution is -2.46. The van der Waals surface area contributed by atoms with Crippen molar-refractivity contribution >= 4 is 5.91 Å². The van der Waals surface area contributed by atoms with Crippen molar-refractivity contribution in [2.45, 2.75) is 58.7 Å². The summed E-state index contributed by atoms with van der Waals surface area (Å²) in [4.78, 5) is 12.1. The van der Waals surface area contributed by atoms with E-state index in [1.165, 1.54) is 5.56 Å². The molecule has 0 heterocycles. The first-order valence-electron chi connectivity index (χ1n) is 7.19. The number of carbonyl (C=O) groups excluding carboxylic acids is 1. The molecule has 3 nitrogen and oxygen atoms in total. The van der Waals surface area contributed by atoms with Crippen LogP contribution >= 0.6 is 0 Å². The van der Waals surface area contributed by atoms with Gasteiger partial charge >= 0.3 is 0 Å². The first kappa shape index (κ1) is 15.7. The molecule has 0 saturated heterocycles. The normalized spacial score (nSPS) is 14.2. The van der Waals surface area contributed by atoms with Crippen LogP contribution in [0.25, 0.3) is 0 Å². The van der Waals surface area contributed by atoms with Crippen molar-refractivity contribution in [1.82, 2.24) is 10.6 Å². The van der Waals surface area contributed by atoms with Gasteiger partial charge in [0.2, 0.25) is 5.91 Å². The van der Waals surface area contributed by atoms with Crippen molar-refractivity contribution in [3.05, 3.63) is 35.9 Å². The van der Waals surface area contributed by atoms with Crippen LogP contribution in [0.5, 0.6) is 0 Å². The van der Waals surface area contributed by atoms with Gasteiger partial charge in [-0.1, -0.05) is 44.2 Å². The lowest BCUT2D eigenvalue weighted by molar-refractivity contribution is -0.123. The summed E-state index contributed by atoms with van der Waals surface area (Å²) < 4.78 is 0. The molecule has 106 valence electrons. The highest BCUT2D eigenvalue weighted by molar-refractivity contribution is 5.81. The van der Waals surface area contributed by atoms with Gasteiger partial charge in [-0.15, -0.1) is 0 Å². The monoisotopic (exact) mass is 262 g/mol. The molecule has 0 fully saturated rings. The second-order valence-corrected chi connectivity index (χ2v) is 5.04. The molecular formula is C16H26N2O. The van der Waals surface area contributed by atoms with Gasteiger partial charge in [0.15, 0.2) is 0 Å². The van der Waals surface area contributed by atoms with Crippen LogP contribution in [0.3, 0.4) is 0 Å². The van der Waals surface area contributed by atoms with Gasteiger partial charge in [-0.25, -0.2) is 0 Å². The maximum absolute atomic E-state index is 12.1. The van der Waals surface area contributed by atoms with E-state index in [-0.39, 0.29) is 24.0 Å². The Balaban J connectivity index is 2.50. The lowest BCUT2D eigenvalue weighted by Gasteiger charge is -2.22. The zero-order chi connectivity index (χ0) is 14.3. The number of hydrogen-bond donors (Lipinski definition) is 2. The van der Waals surface area contributed by atoms with E-state index in [0.717, 1.165) is 12.8 Å². The van der Waals surface area contributed by atoms with Crippen LogP contribution in [0.1, 0.15) is 52.1 Å². The highest BCUT2D eigenvalue weighted by Gasteiger charge is 2.17. The van der Waals surface area contributed by atoms with Crippen LogP contribution in [0.4, 0.5) is 0 Å². The van der Waals surface area contributed by atoms with Crippen molar-refractivity contribution in [2.75, 3.05) is 0 Å². The van der Waals surface area contributed by atoms with Crippen molar-refractivity contribution in [1.29, 1.82) is 0 Å². The van der Waals surface area contributed by atoms with Gasteiger partial charge in [0, 0.05) is 12.1 Å². The molecule has 1 unspecified atom stereocenters. The first-order valence-corrected chi connectivity index (χ1v) is 7.19. The van der Waals surface area contributed by atoms with Crippen LogP contribution in [0.2, 0.25) is 0 Å². The molecule has 2 atom stereocenters. The van der Waals surface area contributed by atoms with E-state index in [4.69, 9.17) is 0 Å². The van der Waals surface area contributed by atoms with E-state index in [0.29, 0.717) is 0 Å². The molecule has 1 amide bonds. The summed E-state index contributed by atoms with van der Waals surface area (Å²) in [6, 6.07) is 10.4. The quantitative estimate of drug-likeness (QED) is 0.793. The minimum atomic E-state index is -0.184. The smallest absolute Gasteiger partial charge is 0.237 e. The molecule has 1 rings (SSSR count). The Morgan fingerprint density at radius 3 is 2.21 bits per heavy atom. The summed E-state index contributed by atoms with van der Waals surface area (Å²) in [6.45, 7) is 8.19. The Hall–Kier alpha value is -1.35. The highest BCUT2D eigenvalue weighted by atomic mass is 16.2. The maximum Gasteiger partial charge on any atom is 0.237 e. The Morgan fingerprint density at radius 2 is 1.68 bits per heavy atom. The molecule has 19 heavy (non-hydrogen) atoms. The zero-order valence-corrected chi connectivity index (χ0v) is 12.4. The van der Waals surface area contributed by atoms with Crippen molar-refractivity contribution in [3.63, 3.8) is 0 Å². The van der Waals surface area contributed by atoms with Crippen LogP contribution < -0.4 is 10.6 Å². The average Bonchev–Trinajstić information content (AvgIpc) is 2.45. The Labute approximate surface area is 116 Å². The molecule has 3 heteroatoms. The van der Waals surface area contributed by atoms with Gasteiger partial charge in [0.25, 0.3) is 0 Å². The molecule has 1 aromatic rings. The van der Waals surface area contributed by atoms with Crippen LogP contribution in [0, 0.1) is 0 Å². The molecule has 0 spiro atoms. The van der Waals surface area contributed by atoms with E-state index in [1.54, 1.807) is 0 Å². The van der Waals surface area contributed by atoms with Gasteiger partial charge in [-0.2, -0.15) is 0 Å². The number of hydrogen-bond acceptors (Lipinski definition) is 2. The second kappa shape index (κ2) is 7.95. The van der Waals surface area contributed by atoms with E-state index >= 15 is 0 Å². The minimum Gasteiger partial charge on any atom is -0.352 e. The standard InChI is InChI=1S/C16H26N2O/c1-5-15(6-2)18-16(19)13(4)17-12(3)14-10-8-7-9-11-14/h7-13,15,17H,5-6H2,1-4H3,(H,18,19)/t12-,13?/m0/s1. The SMILES string of the molecule is CCC(CC)NC(=O)C(C)N[C@@H](C)c1ccccc1.